The predicted molar refractivity (Wildman–Crippen MR) is 55.8 cm³/mol. The minimum absolute atomic E-state index is 0.118. The van der Waals surface area contributed by atoms with Gasteiger partial charge in [0.1, 0.15) is 0 Å². The largest absolute Gasteiger partial charge is 0.424 e. The zero-order chi connectivity index (χ0) is 11.8. The number of nitro benzene ring substituents is 1. The molecule has 0 saturated carbocycles. The number of hydrogen-bond donors (Lipinski definition) is 0. The van der Waals surface area contributed by atoms with E-state index in [1.807, 2.05) is 0 Å². The Labute approximate surface area is 101 Å². The van der Waals surface area contributed by atoms with Crippen molar-refractivity contribution >= 4 is 39.9 Å². The van der Waals surface area contributed by atoms with Crippen LogP contribution in [0.2, 0.25) is 5.02 Å². The van der Waals surface area contributed by atoms with Crippen LogP contribution in [-0.4, -0.2) is 4.92 Å². The lowest BCUT2D eigenvalue weighted by molar-refractivity contribution is -0.388. The Morgan fingerprint density at radius 1 is 1.40 bits per heavy atom. The summed E-state index contributed by atoms with van der Waals surface area (Å²) in [7, 11) is 0. The van der Waals surface area contributed by atoms with E-state index in [0.29, 0.717) is 0 Å². The van der Waals surface area contributed by atoms with Crippen molar-refractivity contribution in [1.82, 2.24) is 0 Å². The fraction of sp³-hybridized carbons (Fsp3) is 0.143. The van der Waals surface area contributed by atoms with Gasteiger partial charge in [-0.2, -0.15) is 13.2 Å². The number of benzene rings is 1. The van der Waals surface area contributed by atoms with E-state index in [1.54, 1.807) is 22.6 Å². The number of alkyl halides is 3. The Morgan fingerprint density at radius 3 is 2.33 bits per heavy atom. The summed E-state index contributed by atoms with van der Waals surface area (Å²) in [5.41, 5.74) is -2.44. The molecule has 0 amide bonds. The van der Waals surface area contributed by atoms with Gasteiger partial charge in [-0.3, -0.25) is 10.1 Å². The zero-order valence-electron chi connectivity index (χ0n) is 6.81. The molecule has 0 spiro atoms. The van der Waals surface area contributed by atoms with Crippen molar-refractivity contribution in [2.24, 2.45) is 0 Å². The molecule has 0 aliphatic carbocycles. The summed E-state index contributed by atoms with van der Waals surface area (Å²) in [6, 6.07) is 1.95. The van der Waals surface area contributed by atoms with Crippen LogP contribution in [0.25, 0.3) is 0 Å². The Morgan fingerprint density at radius 2 is 1.93 bits per heavy atom. The molecule has 0 heterocycles. The third-order valence-electron chi connectivity index (χ3n) is 1.55. The van der Waals surface area contributed by atoms with Crippen molar-refractivity contribution in [3.8, 4) is 0 Å². The summed E-state index contributed by atoms with van der Waals surface area (Å²) in [6.07, 6.45) is -4.83. The van der Waals surface area contributed by atoms with Crippen LogP contribution in [0, 0.1) is 13.7 Å². The monoisotopic (exact) mass is 351 g/mol. The number of halogens is 5. The van der Waals surface area contributed by atoms with Crippen molar-refractivity contribution in [1.29, 1.82) is 0 Å². The molecule has 1 rings (SSSR count). The van der Waals surface area contributed by atoms with Gasteiger partial charge in [0.05, 0.1) is 9.95 Å². The van der Waals surface area contributed by atoms with Gasteiger partial charge < -0.3 is 0 Å². The van der Waals surface area contributed by atoms with Gasteiger partial charge in [-0.05, 0) is 28.7 Å². The summed E-state index contributed by atoms with van der Waals surface area (Å²) in [4.78, 5) is 9.27. The standard InChI is InChI=1S/C7H2ClF3INO2/c8-6-3(12)1-2-4(13(14)15)5(6)7(9,10)11/h1-2H. The smallest absolute Gasteiger partial charge is 0.258 e. The number of rotatable bonds is 1. The van der Waals surface area contributed by atoms with E-state index in [1.165, 1.54) is 0 Å². The molecule has 0 atom stereocenters. The summed E-state index contributed by atoms with van der Waals surface area (Å²) in [6.45, 7) is 0. The van der Waals surface area contributed by atoms with E-state index in [4.69, 9.17) is 11.6 Å². The molecule has 8 heteroatoms. The lowest BCUT2D eigenvalue weighted by Gasteiger charge is -2.10. The number of nitrogens with zero attached hydrogens (tertiary/aromatic N) is 1. The van der Waals surface area contributed by atoms with Crippen LogP contribution >= 0.6 is 34.2 Å². The minimum Gasteiger partial charge on any atom is -0.258 e. The maximum atomic E-state index is 12.5. The lowest BCUT2D eigenvalue weighted by Crippen LogP contribution is -2.10. The highest BCUT2D eigenvalue weighted by molar-refractivity contribution is 14.1. The molecule has 1 aromatic rings. The fourth-order valence-electron chi connectivity index (χ4n) is 0.962. The van der Waals surface area contributed by atoms with Gasteiger partial charge in [-0.15, -0.1) is 0 Å². The lowest BCUT2D eigenvalue weighted by atomic mass is 10.2. The average Bonchev–Trinajstić information content (AvgIpc) is 2.06. The molecular formula is C7H2ClF3INO2. The topological polar surface area (TPSA) is 43.1 Å². The Balaban J connectivity index is 3.57. The Kier molecular flexibility index (Phi) is 3.44. The van der Waals surface area contributed by atoms with Crippen molar-refractivity contribution in [2.45, 2.75) is 6.18 Å². The van der Waals surface area contributed by atoms with E-state index < -0.39 is 27.4 Å². The Hall–Kier alpha value is -0.570. The first-order chi connectivity index (χ1) is 6.75. The van der Waals surface area contributed by atoms with Gasteiger partial charge in [-0.1, -0.05) is 11.6 Å². The van der Waals surface area contributed by atoms with Gasteiger partial charge in [0.15, 0.2) is 5.56 Å². The molecule has 0 aliphatic rings. The number of nitro groups is 1. The third-order valence-corrected chi connectivity index (χ3v) is 3.16. The predicted octanol–water partition coefficient (Wildman–Crippen LogP) is 3.87. The van der Waals surface area contributed by atoms with Crippen LogP contribution < -0.4 is 0 Å². The molecule has 0 fully saturated rings. The van der Waals surface area contributed by atoms with E-state index in [-0.39, 0.29) is 3.57 Å². The molecule has 3 nitrogen and oxygen atoms in total. The molecule has 0 aromatic heterocycles. The highest BCUT2D eigenvalue weighted by Crippen LogP contribution is 2.42. The van der Waals surface area contributed by atoms with Crippen molar-refractivity contribution in [3.05, 3.63) is 36.4 Å². The molecule has 1 aromatic carbocycles. The quantitative estimate of drug-likeness (QED) is 0.438. The van der Waals surface area contributed by atoms with Gasteiger partial charge >= 0.3 is 6.18 Å². The molecule has 82 valence electrons. The maximum Gasteiger partial charge on any atom is 0.424 e. The van der Waals surface area contributed by atoms with Crippen molar-refractivity contribution in [2.75, 3.05) is 0 Å². The first-order valence-electron chi connectivity index (χ1n) is 3.44. The SMILES string of the molecule is O=[N+]([O-])c1ccc(I)c(Cl)c1C(F)(F)F. The van der Waals surface area contributed by atoms with Gasteiger partial charge in [0, 0.05) is 9.64 Å². The summed E-state index contributed by atoms with van der Waals surface area (Å²) in [5, 5.41) is 9.74. The van der Waals surface area contributed by atoms with Crippen LogP contribution in [0.5, 0.6) is 0 Å². The van der Waals surface area contributed by atoms with E-state index in [0.717, 1.165) is 12.1 Å². The summed E-state index contributed by atoms with van der Waals surface area (Å²) < 4.78 is 37.5. The summed E-state index contributed by atoms with van der Waals surface area (Å²) in [5.74, 6) is 0. The summed E-state index contributed by atoms with van der Waals surface area (Å²) >= 11 is 6.97. The first-order valence-corrected chi connectivity index (χ1v) is 4.90. The maximum absolute atomic E-state index is 12.5. The molecule has 15 heavy (non-hydrogen) atoms. The van der Waals surface area contributed by atoms with Crippen LogP contribution in [0.1, 0.15) is 5.56 Å². The number of hydrogen-bond acceptors (Lipinski definition) is 2. The van der Waals surface area contributed by atoms with Crippen LogP contribution in [-0.2, 0) is 6.18 Å². The van der Waals surface area contributed by atoms with Gasteiger partial charge in [0.25, 0.3) is 5.69 Å². The van der Waals surface area contributed by atoms with Gasteiger partial charge in [0.2, 0.25) is 0 Å². The first kappa shape index (κ1) is 12.5. The van der Waals surface area contributed by atoms with Gasteiger partial charge in [-0.25, -0.2) is 0 Å². The molecule has 0 aliphatic heterocycles. The van der Waals surface area contributed by atoms with E-state index in [9.17, 15) is 23.3 Å². The molecular weight excluding hydrogens is 349 g/mol. The second-order valence-electron chi connectivity index (χ2n) is 2.51. The molecule has 0 saturated heterocycles. The van der Waals surface area contributed by atoms with Crippen LogP contribution in [0.15, 0.2) is 12.1 Å². The zero-order valence-corrected chi connectivity index (χ0v) is 9.72. The normalized spacial score (nSPS) is 11.5. The second kappa shape index (κ2) is 4.12. The minimum atomic E-state index is -4.83. The second-order valence-corrected chi connectivity index (χ2v) is 4.05. The van der Waals surface area contributed by atoms with Crippen LogP contribution in [0.3, 0.4) is 0 Å². The van der Waals surface area contributed by atoms with E-state index >= 15 is 0 Å². The third kappa shape index (κ3) is 2.51. The molecule has 0 unspecified atom stereocenters. The highest BCUT2D eigenvalue weighted by Gasteiger charge is 2.41. The van der Waals surface area contributed by atoms with Crippen LogP contribution in [0.4, 0.5) is 18.9 Å². The van der Waals surface area contributed by atoms with Crippen molar-refractivity contribution < 1.29 is 18.1 Å². The van der Waals surface area contributed by atoms with Crippen molar-refractivity contribution in [3.63, 3.8) is 0 Å². The van der Waals surface area contributed by atoms with E-state index in [2.05, 4.69) is 0 Å². The Bertz CT molecular complexity index is 421. The molecule has 0 radical (unpaired) electrons. The molecule has 0 bridgehead atoms. The average molecular weight is 351 g/mol. The fourth-order valence-corrected chi connectivity index (χ4v) is 1.68. The molecule has 0 N–H and O–H groups in total. The highest BCUT2D eigenvalue weighted by atomic mass is 127.